The number of aryl methyl sites for hydroxylation is 1. The maximum Gasteiger partial charge on any atom is 0 e. The van der Waals surface area contributed by atoms with E-state index in [9.17, 15) is 0 Å². The second kappa shape index (κ2) is 8.34. The molecule has 3 aromatic carbocycles. The Hall–Kier alpha value is -1.72. The Morgan fingerprint density at radius 3 is 2.54 bits per heavy atom. The van der Waals surface area contributed by atoms with E-state index in [0.717, 1.165) is 5.92 Å². The summed E-state index contributed by atoms with van der Waals surface area (Å²) in [7, 11) is 0. The molecule has 3 aromatic rings. The number of fused-ring (bicyclic) bond motifs is 2. The predicted molar refractivity (Wildman–Crippen MR) is 116 cm³/mol. The Morgan fingerprint density at radius 2 is 1.68 bits per heavy atom. The molecule has 1 heteroatoms. The van der Waals surface area contributed by atoms with Crippen LogP contribution in [0.2, 0.25) is 0 Å². The molecule has 0 amide bonds. The summed E-state index contributed by atoms with van der Waals surface area (Å²) in [4.78, 5) is 0. The first-order chi connectivity index (χ1) is 13.3. The first kappa shape index (κ1) is 19.6. The van der Waals surface area contributed by atoms with Crippen molar-refractivity contribution in [3.05, 3.63) is 82.2 Å². The Morgan fingerprint density at radius 1 is 0.893 bits per heavy atom. The zero-order chi connectivity index (χ0) is 18.2. The normalized spacial score (nSPS) is 17.7. The summed E-state index contributed by atoms with van der Waals surface area (Å²) < 4.78 is 0. The molecule has 2 aliphatic carbocycles. The smallest absolute Gasteiger partial charge is 0 e. The second-order valence-corrected chi connectivity index (χ2v) is 8.09. The van der Waals surface area contributed by atoms with Crippen molar-refractivity contribution < 1.29 is 26.2 Å². The van der Waals surface area contributed by atoms with E-state index in [1.54, 1.807) is 0 Å². The fourth-order valence-corrected chi connectivity index (χ4v) is 4.73. The van der Waals surface area contributed by atoms with Gasteiger partial charge >= 0.3 is 0 Å². The Labute approximate surface area is 186 Å². The van der Waals surface area contributed by atoms with Gasteiger partial charge < -0.3 is 0 Å². The molecule has 0 N–H and O–H groups in total. The average Bonchev–Trinajstić information content (AvgIpc) is 3.09. The van der Waals surface area contributed by atoms with Gasteiger partial charge in [0, 0.05) is 26.2 Å². The summed E-state index contributed by atoms with van der Waals surface area (Å²) in [5.41, 5.74) is 5.24. The van der Waals surface area contributed by atoms with Gasteiger partial charge in [-0.15, -0.1) is 40.3 Å². The first-order valence-electron chi connectivity index (χ1n) is 10.2. The van der Waals surface area contributed by atoms with Crippen LogP contribution in [0.3, 0.4) is 0 Å². The van der Waals surface area contributed by atoms with Gasteiger partial charge in [0.15, 0.2) is 0 Å². The molecule has 0 aliphatic heterocycles. The number of rotatable bonds is 2. The molecule has 1 fully saturated rings. The van der Waals surface area contributed by atoms with Crippen molar-refractivity contribution >= 4 is 22.9 Å². The topological polar surface area (TPSA) is 0 Å². The molecule has 0 unspecified atom stereocenters. The van der Waals surface area contributed by atoms with Gasteiger partial charge in [-0.2, -0.15) is 0 Å². The van der Waals surface area contributed by atoms with E-state index >= 15 is 0 Å². The maximum atomic E-state index is 3.69. The molecule has 0 atom stereocenters. The fraction of sp³-hybridized carbons (Fsp3) is 0.259. The van der Waals surface area contributed by atoms with Crippen molar-refractivity contribution in [2.75, 3.05) is 0 Å². The molecule has 0 spiro atoms. The van der Waals surface area contributed by atoms with Gasteiger partial charge in [-0.25, -0.2) is 0 Å². The van der Waals surface area contributed by atoms with Crippen molar-refractivity contribution in [2.24, 2.45) is 5.92 Å². The monoisotopic (exact) mass is 439 g/mol. The number of allylic oxidation sites excluding steroid dienone is 2. The van der Waals surface area contributed by atoms with Gasteiger partial charge in [0.05, 0.1) is 0 Å². The molecule has 0 saturated heterocycles. The Kier molecular flexibility index (Phi) is 5.84. The molecule has 1 saturated carbocycles. The molecule has 0 radical (unpaired) electrons. The minimum absolute atomic E-state index is 0. The van der Waals surface area contributed by atoms with E-state index in [1.165, 1.54) is 75.6 Å². The van der Waals surface area contributed by atoms with Gasteiger partial charge in [0.1, 0.15) is 0 Å². The summed E-state index contributed by atoms with van der Waals surface area (Å²) in [5, 5.41) is 5.21. The van der Waals surface area contributed by atoms with Crippen LogP contribution in [0.1, 0.15) is 37.7 Å². The average molecular weight is 441 g/mol. The van der Waals surface area contributed by atoms with E-state index in [2.05, 4.69) is 79.7 Å². The van der Waals surface area contributed by atoms with Crippen molar-refractivity contribution in [3.63, 3.8) is 0 Å². The zero-order valence-electron chi connectivity index (χ0n) is 16.5. The summed E-state index contributed by atoms with van der Waals surface area (Å²) >= 11 is 0. The van der Waals surface area contributed by atoms with Crippen molar-refractivity contribution in [3.8, 4) is 11.1 Å². The van der Waals surface area contributed by atoms with Crippen LogP contribution in [0.5, 0.6) is 0 Å². The van der Waals surface area contributed by atoms with Crippen LogP contribution in [0, 0.1) is 12.8 Å². The van der Waals surface area contributed by atoms with Crippen LogP contribution in [0.15, 0.2) is 66.2 Å². The molecule has 2 aliphatic rings. The number of benzene rings is 3. The minimum atomic E-state index is 0. The van der Waals surface area contributed by atoms with Crippen molar-refractivity contribution in [1.29, 1.82) is 0 Å². The van der Waals surface area contributed by atoms with Crippen LogP contribution < -0.4 is 10.4 Å². The van der Waals surface area contributed by atoms with E-state index in [4.69, 9.17) is 0 Å². The van der Waals surface area contributed by atoms with Crippen LogP contribution in [-0.2, 0) is 26.2 Å². The summed E-state index contributed by atoms with van der Waals surface area (Å²) in [6.07, 6.45) is 15.4. The van der Waals surface area contributed by atoms with E-state index < -0.39 is 0 Å². The third-order valence-corrected chi connectivity index (χ3v) is 6.05. The van der Waals surface area contributed by atoms with Crippen LogP contribution >= 0.6 is 0 Å². The van der Waals surface area contributed by atoms with E-state index in [0.29, 0.717) is 0 Å². The molecule has 138 valence electrons. The Balaban J connectivity index is 0.00000192. The molecule has 28 heavy (non-hydrogen) atoms. The molecule has 0 aromatic heterocycles. The molecule has 0 nitrogen and oxygen atoms in total. The SMILES string of the molecule is Cc1cc(-c2cccc3ccccc23)c2c(c1)=[C-]C(=CC1CCCCC1)C=2.[Zr]. The molecular formula is C27H25Zr-. The van der Waals surface area contributed by atoms with Gasteiger partial charge in [0.2, 0.25) is 0 Å². The Bertz CT molecular complexity index is 1160. The predicted octanol–water partition coefficient (Wildman–Crippen LogP) is 5.77. The van der Waals surface area contributed by atoms with Crippen molar-refractivity contribution in [2.45, 2.75) is 39.0 Å². The number of hydrogen-bond donors (Lipinski definition) is 0. The standard InChI is InChI=1S/C27H25.Zr/c1-19-14-23-17-21(16-20-8-3-2-4-9-20)18-26(23)27(15-19)25-13-7-11-22-10-5-6-12-24(22)25;/h5-7,10-16,18,20H,2-4,8-9H2,1H3;/q-1;. The molecular weight excluding hydrogens is 416 g/mol. The van der Waals surface area contributed by atoms with E-state index in [-0.39, 0.29) is 26.2 Å². The summed E-state index contributed by atoms with van der Waals surface area (Å²) in [6, 6.07) is 19.9. The third-order valence-electron chi connectivity index (χ3n) is 6.05. The van der Waals surface area contributed by atoms with Gasteiger partial charge in [0.25, 0.3) is 0 Å². The van der Waals surface area contributed by atoms with Crippen LogP contribution in [0.4, 0.5) is 0 Å². The van der Waals surface area contributed by atoms with Gasteiger partial charge in [-0.05, 0) is 29.2 Å². The second-order valence-electron chi connectivity index (χ2n) is 8.09. The summed E-state index contributed by atoms with van der Waals surface area (Å²) in [5.74, 6) is 0.730. The van der Waals surface area contributed by atoms with Crippen molar-refractivity contribution in [1.82, 2.24) is 0 Å². The molecule has 5 rings (SSSR count). The largest absolute Gasteiger partial charge is 0.145 e. The molecule has 0 bridgehead atoms. The zero-order valence-corrected chi connectivity index (χ0v) is 18.9. The molecule has 0 heterocycles. The minimum Gasteiger partial charge on any atom is -0.145 e. The van der Waals surface area contributed by atoms with Gasteiger partial charge in [-0.1, -0.05) is 91.8 Å². The van der Waals surface area contributed by atoms with E-state index in [1.807, 2.05) is 0 Å². The van der Waals surface area contributed by atoms with Gasteiger partial charge in [-0.3, -0.25) is 0 Å². The third kappa shape index (κ3) is 3.75. The quantitative estimate of drug-likeness (QED) is 0.444. The maximum absolute atomic E-state index is 3.69. The van der Waals surface area contributed by atoms with Crippen LogP contribution in [-0.4, -0.2) is 0 Å². The fourth-order valence-electron chi connectivity index (χ4n) is 4.73. The first-order valence-corrected chi connectivity index (χ1v) is 10.2. The summed E-state index contributed by atoms with van der Waals surface area (Å²) in [6.45, 7) is 2.19. The number of hydrogen-bond acceptors (Lipinski definition) is 0. The van der Waals surface area contributed by atoms with Crippen LogP contribution in [0.25, 0.3) is 34.1 Å².